The number of hydrogen-bond acceptors (Lipinski definition) is 4. The Morgan fingerprint density at radius 2 is 1.61 bits per heavy atom. The zero-order valence-electron chi connectivity index (χ0n) is 23.5. The molecule has 0 saturated carbocycles. The van der Waals surface area contributed by atoms with Crippen LogP contribution in [0.3, 0.4) is 0 Å². The van der Waals surface area contributed by atoms with Crippen LogP contribution in [0.5, 0.6) is 5.75 Å². The van der Waals surface area contributed by atoms with Crippen LogP contribution in [0.25, 0.3) is 6.08 Å². The van der Waals surface area contributed by atoms with E-state index in [9.17, 15) is 9.59 Å². The van der Waals surface area contributed by atoms with Gasteiger partial charge in [0.25, 0.3) is 0 Å². The van der Waals surface area contributed by atoms with E-state index in [0.29, 0.717) is 22.4 Å². The number of rotatable bonds is 12. The molecule has 2 aromatic rings. The van der Waals surface area contributed by atoms with Crippen LogP contribution in [-0.2, 0) is 11.2 Å². The van der Waals surface area contributed by atoms with Gasteiger partial charge >= 0.3 is 5.97 Å². The van der Waals surface area contributed by atoms with Crippen LogP contribution in [-0.4, -0.2) is 23.5 Å². The molecule has 0 atom stereocenters. The van der Waals surface area contributed by atoms with Crippen LogP contribution in [0.1, 0.15) is 117 Å². The lowest BCUT2D eigenvalue weighted by molar-refractivity contribution is 0.00671. The third kappa shape index (κ3) is 8.96. The molecule has 0 heterocycles. The molecule has 0 aliphatic rings. The number of unbranched alkanes of at least 4 members (excludes halogenated alkanes) is 4. The van der Waals surface area contributed by atoms with Crippen molar-refractivity contribution in [3.05, 3.63) is 69.8 Å². The molecule has 0 bridgehead atoms. The summed E-state index contributed by atoms with van der Waals surface area (Å²) in [5.41, 5.74) is 4.11. The summed E-state index contributed by atoms with van der Waals surface area (Å²) in [7, 11) is 0. The summed E-state index contributed by atoms with van der Waals surface area (Å²) in [5.74, 6) is 0.161. The first kappa shape index (κ1) is 29.4. The van der Waals surface area contributed by atoms with Crippen LogP contribution in [0.2, 0.25) is 0 Å². The maximum Gasteiger partial charge on any atom is 0.339 e. The molecular weight excluding hydrogens is 448 g/mol. The zero-order valence-corrected chi connectivity index (χ0v) is 23.5. The van der Waals surface area contributed by atoms with Crippen molar-refractivity contribution in [3.63, 3.8) is 0 Å². The number of esters is 1. The van der Waals surface area contributed by atoms with Gasteiger partial charge in [0.2, 0.25) is 0 Å². The normalized spacial score (nSPS) is 11.8. The number of benzene rings is 2. The molecule has 196 valence electrons. The molecule has 2 rings (SSSR count). The second-order valence-electron chi connectivity index (χ2n) is 10.8. The average Bonchev–Trinajstić information content (AvgIpc) is 2.78. The first-order valence-corrected chi connectivity index (χ1v) is 13.3. The standard InChI is InChI=1S/C32H44O4/c1-9-10-11-12-13-14-25-15-17-26(18-16-25)28(33)20-19-27-21-23(4)29(31(34)36-32(6,7)8)24(5)30(27)35-22(2)3/h15-22H,9-14H2,1-8H3/b20-19+. The van der Waals surface area contributed by atoms with Gasteiger partial charge in [-0.1, -0.05) is 56.9 Å². The van der Waals surface area contributed by atoms with Crippen molar-refractivity contribution in [2.24, 2.45) is 0 Å². The fourth-order valence-corrected chi connectivity index (χ4v) is 4.19. The van der Waals surface area contributed by atoms with Gasteiger partial charge in [0.05, 0.1) is 11.7 Å². The van der Waals surface area contributed by atoms with Gasteiger partial charge < -0.3 is 9.47 Å². The summed E-state index contributed by atoms with van der Waals surface area (Å²) < 4.78 is 11.7. The van der Waals surface area contributed by atoms with Gasteiger partial charge in [0.15, 0.2) is 5.78 Å². The van der Waals surface area contributed by atoms with Gasteiger partial charge in [-0.3, -0.25) is 4.79 Å². The van der Waals surface area contributed by atoms with E-state index in [4.69, 9.17) is 9.47 Å². The van der Waals surface area contributed by atoms with E-state index in [0.717, 1.165) is 17.5 Å². The Labute approximate surface area is 218 Å². The summed E-state index contributed by atoms with van der Waals surface area (Å²) >= 11 is 0. The van der Waals surface area contributed by atoms with Gasteiger partial charge in [-0.2, -0.15) is 0 Å². The van der Waals surface area contributed by atoms with Gasteiger partial charge in [-0.15, -0.1) is 0 Å². The SMILES string of the molecule is CCCCCCCc1ccc(C(=O)/C=C/c2cc(C)c(C(=O)OC(C)(C)C)c(C)c2OC(C)C)cc1. The number of ketones is 1. The molecule has 0 N–H and O–H groups in total. The highest BCUT2D eigenvalue weighted by Gasteiger charge is 2.24. The van der Waals surface area contributed by atoms with Crippen LogP contribution in [0.15, 0.2) is 36.4 Å². The van der Waals surface area contributed by atoms with Gasteiger partial charge in [0, 0.05) is 16.7 Å². The Morgan fingerprint density at radius 1 is 0.972 bits per heavy atom. The van der Waals surface area contributed by atoms with E-state index in [2.05, 4.69) is 19.1 Å². The highest BCUT2D eigenvalue weighted by atomic mass is 16.6. The minimum absolute atomic E-state index is 0.0634. The van der Waals surface area contributed by atoms with Crippen molar-refractivity contribution in [2.75, 3.05) is 0 Å². The first-order chi connectivity index (χ1) is 16.9. The molecule has 0 amide bonds. The maximum absolute atomic E-state index is 12.9. The quantitative estimate of drug-likeness (QED) is 0.129. The van der Waals surface area contributed by atoms with Gasteiger partial charge in [-0.25, -0.2) is 4.79 Å². The fourth-order valence-electron chi connectivity index (χ4n) is 4.19. The number of allylic oxidation sites excluding steroid dienone is 1. The molecule has 4 heteroatoms. The minimum atomic E-state index is -0.593. The molecular formula is C32H44O4. The van der Waals surface area contributed by atoms with E-state index in [-0.39, 0.29) is 17.9 Å². The number of carbonyl (C=O) groups is 2. The van der Waals surface area contributed by atoms with Crippen molar-refractivity contribution in [3.8, 4) is 5.75 Å². The summed E-state index contributed by atoms with van der Waals surface area (Å²) in [4.78, 5) is 25.8. The van der Waals surface area contributed by atoms with Crippen molar-refractivity contribution < 1.29 is 19.1 Å². The molecule has 0 unspecified atom stereocenters. The summed E-state index contributed by atoms with van der Waals surface area (Å²) in [5, 5.41) is 0. The van der Waals surface area contributed by atoms with Crippen LogP contribution in [0.4, 0.5) is 0 Å². The van der Waals surface area contributed by atoms with Crippen LogP contribution in [0, 0.1) is 13.8 Å². The van der Waals surface area contributed by atoms with E-state index in [1.54, 1.807) is 12.2 Å². The monoisotopic (exact) mass is 492 g/mol. The number of hydrogen-bond donors (Lipinski definition) is 0. The lowest BCUT2D eigenvalue weighted by atomic mass is 9.96. The molecule has 0 saturated heterocycles. The molecule has 0 spiro atoms. The van der Waals surface area contributed by atoms with E-state index >= 15 is 0 Å². The molecule has 4 nitrogen and oxygen atoms in total. The largest absolute Gasteiger partial charge is 0.490 e. The predicted molar refractivity (Wildman–Crippen MR) is 149 cm³/mol. The zero-order chi connectivity index (χ0) is 26.9. The average molecular weight is 493 g/mol. The smallest absolute Gasteiger partial charge is 0.339 e. The van der Waals surface area contributed by atoms with Crippen molar-refractivity contribution in [1.29, 1.82) is 0 Å². The Bertz CT molecular complexity index is 1050. The van der Waals surface area contributed by atoms with E-state index in [1.807, 2.05) is 66.7 Å². The Morgan fingerprint density at radius 3 is 2.19 bits per heavy atom. The molecule has 0 fully saturated rings. The Hall–Kier alpha value is -2.88. The topological polar surface area (TPSA) is 52.6 Å². The van der Waals surface area contributed by atoms with Crippen LogP contribution >= 0.6 is 0 Å². The summed E-state index contributed by atoms with van der Waals surface area (Å²) in [6.45, 7) is 15.4. The minimum Gasteiger partial charge on any atom is -0.490 e. The van der Waals surface area contributed by atoms with Crippen molar-refractivity contribution >= 4 is 17.8 Å². The molecule has 36 heavy (non-hydrogen) atoms. The van der Waals surface area contributed by atoms with E-state index < -0.39 is 5.60 Å². The van der Waals surface area contributed by atoms with Gasteiger partial charge in [0.1, 0.15) is 11.4 Å². The molecule has 0 aliphatic carbocycles. The molecule has 0 aromatic heterocycles. The van der Waals surface area contributed by atoms with Crippen LogP contribution < -0.4 is 4.74 Å². The maximum atomic E-state index is 12.9. The number of ether oxygens (including phenoxy) is 2. The lowest BCUT2D eigenvalue weighted by Crippen LogP contribution is -2.25. The fraction of sp³-hybridized carbons (Fsp3) is 0.500. The third-order valence-corrected chi connectivity index (χ3v) is 5.92. The molecule has 0 radical (unpaired) electrons. The number of aryl methyl sites for hydroxylation is 2. The summed E-state index contributed by atoms with van der Waals surface area (Å²) in [6.07, 6.45) is 10.6. The van der Waals surface area contributed by atoms with Crippen molar-refractivity contribution in [2.45, 2.75) is 106 Å². The third-order valence-electron chi connectivity index (χ3n) is 5.92. The Kier molecular flexibility index (Phi) is 11.0. The van der Waals surface area contributed by atoms with Crippen molar-refractivity contribution in [1.82, 2.24) is 0 Å². The highest BCUT2D eigenvalue weighted by molar-refractivity contribution is 6.07. The second kappa shape index (κ2) is 13.4. The second-order valence-corrected chi connectivity index (χ2v) is 10.8. The number of carbonyl (C=O) groups excluding carboxylic acids is 2. The van der Waals surface area contributed by atoms with E-state index in [1.165, 1.54) is 37.7 Å². The predicted octanol–water partition coefficient (Wildman–Crippen LogP) is 8.45. The first-order valence-electron chi connectivity index (χ1n) is 13.3. The molecule has 0 aliphatic heterocycles. The molecule has 2 aromatic carbocycles. The summed E-state index contributed by atoms with van der Waals surface area (Å²) in [6, 6.07) is 9.80. The van der Waals surface area contributed by atoms with Gasteiger partial charge in [-0.05, 0) is 90.7 Å². The Balaban J connectivity index is 2.23. The lowest BCUT2D eigenvalue weighted by Gasteiger charge is -2.23. The highest BCUT2D eigenvalue weighted by Crippen LogP contribution is 2.33.